The summed E-state index contributed by atoms with van der Waals surface area (Å²) in [5, 5.41) is 35.0. The molecule has 0 heterocycles. The molecule has 0 saturated heterocycles. The first-order valence-electron chi connectivity index (χ1n) is 34.1. The minimum Gasteiger partial charge on any atom is -0.463 e. The fraction of sp³-hybridized carbons (Fsp3) is 0.985. The second-order valence-corrected chi connectivity index (χ2v) is 23.8. The fourth-order valence-electron chi connectivity index (χ4n) is 4.11. The van der Waals surface area contributed by atoms with Crippen molar-refractivity contribution < 1.29 is 215 Å². The zero-order chi connectivity index (χ0) is 94.0. The van der Waals surface area contributed by atoms with Gasteiger partial charge in [-0.3, -0.25) is 4.79 Å². The van der Waals surface area contributed by atoms with Crippen molar-refractivity contribution in [1.82, 2.24) is 0 Å². The second-order valence-electron chi connectivity index (χ2n) is 23.8. The van der Waals surface area contributed by atoms with Gasteiger partial charge in [-0.05, 0) is 73.6 Å². The van der Waals surface area contributed by atoms with Gasteiger partial charge in [0.15, 0.2) is 0 Å². The Labute approximate surface area is 654 Å². The molecule has 0 radical (unpaired) electrons. The Morgan fingerprint density at radius 1 is 0.298 bits per heavy atom. The molecular weight excluding hydrogens is 1630 g/mol. The first kappa shape index (κ1) is 140. The summed E-state index contributed by atoms with van der Waals surface area (Å²) >= 11 is 0. The highest BCUT2D eigenvalue weighted by Crippen LogP contribution is 2.21. The molecule has 0 aliphatic heterocycles. The summed E-state index contributed by atoms with van der Waals surface area (Å²) in [7, 11) is 8.19. The molecule has 4 unspecified atom stereocenters. The lowest BCUT2D eigenvalue weighted by Gasteiger charge is -2.14. The van der Waals surface area contributed by atoms with Crippen LogP contribution in [0.3, 0.4) is 0 Å². The lowest BCUT2D eigenvalue weighted by atomic mass is 10.2. The second kappa shape index (κ2) is 78.4. The summed E-state index contributed by atoms with van der Waals surface area (Å²) in [6.07, 6.45) is -31.1. The minimum atomic E-state index is -3.28. The number of halogens is 26. The molecular formula is C67H132F26O21. The molecule has 0 aromatic heterocycles. The van der Waals surface area contributed by atoms with E-state index in [4.69, 9.17) is 20.4 Å². The van der Waals surface area contributed by atoms with Gasteiger partial charge in [0.2, 0.25) is 17.8 Å². The number of esters is 1. The molecule has 0 amide bonds. The highest BCUT2D eigenvalue weighted by molar-refractivity contribution is 5.65. The third-order valence-electron chi connectivity index (χ3n) is 8.84. The lowest BCUT2D eigenvalue weighted by molar-refractivity contribution is -0.237. The van der Waals surface area contributed by atoms with E-state index in [-0.39, 0.29) is 85.5 Å². The summed E-state index contributed by atoms with van der Waals surface area (Å²) in [6, 6.07) is 0. The zero-order valence-electron chi connectivity index (χ0n) is 70.1. The fourth-order valence-corrected chi connectivity index (χ4v) is 4.11. The first-order valence-corrected chi connectivity index (χ1v) is 34.1. The first-order chi connectivity index (χ1) is 50.6. The van der Waals surface area contributed by atoms with Gasteiger partial charge in [0.05, 0.1) is 91.5 Å². The molecule has 4 N–H and O–H groups in total. The van der Waals surface area contributed by atoms with Crippen molar-refractivity contribution in [2.24, 2.45) is 0 Å². The molecule has 0 rings (SSSR count). The molecule has 0 fully saturated rings. The van der Waals surface area contributed by atoms with E-state index >= 15 is 0 Å². The van der Waals surface area contributed by atoms with Crippen LogP contribution >= 0.6 is 0 Å². The van der Waals surface area contributed by atoms with Crippen LogP contribution in [0.5, 0.6) is 0 Å². The number of rotatable bonds is 43. The lowest BCUT2D eigenvalue weighted by Crippen LogP contribution is -2.28. The Balaban J connectivity index is -0.0000000886. The average molecular weight is 1770 g/mol. The summed E-state index contributed by atoms with van der Waals surface area (Å²) in [4.78, 5) is 10.2. The molecule has 0 spiro atoms. The van der Waals surface area contributed by atoms with E-state index in [0.29, 0.717) is 86.9 Å². The third kappa shape index (κ3) is 239. The Hall–Kier alpha value is -3.11. The maximum absolute atomic E-state index is 12.0. The number of hydrogen-bond donors (Lipinski definition) is 4. The summed E-state index contributed by atoms with van der Waals surface area (Å²) in [6.45, 7) is 19.3. The zero-order valence-corrected chi connectivity index (χ0v) is 70.1. The molecule has 47 heteroatoms. The monoisotopic (exact) mass is 1770 g/mol. The number of methoxy groups -OCH3 is 6. The number of ether oxygens (including phenoxy) is 16. The van der Waals surface area contributed by atoms with Gasteiger partial charge < -0.3 is 96.2 Å². The van der Waals surface area contributed by atoms with Crippen molar-refractivity contribution in [3.05, 3.63) is 0 Å². The van der Waals surface area contributed by atoms with Crippen molar-refractivity contribution in [1.29, 1.82) is 0 Å². The third-order valence-corrected chi connectivity index (χ3v) is 8.84. The smallest absolute Gasteiger partial charge is 0.353 e. The molecule has 0 aromatic rings. The van der Waals surface area contributed by atoms with Crippen LogP contribution in [0.4, 0.5) is 114 Å². The number of alkyl halides is 26. The van der Waals surface area contributed by atoms with Crippen molar-refractivity contribution in [2.75, 3.05) is 142 Å². The highest BCUT2D eigenvalue weighted by atomic mass is 19.3. The van der Waals surface area contributed by atoms with Gasteiger partial charge in [-0.2, -0.15) is 87.8 Å². The van der Waals surface area contributed by atoms with E-state index in [1.54, 1.807) is 13.8 Å². The number of unbranched alkanes of at least 4 members (excludes halogenated alkanes) is 1. The summed E-state index contributed by atoms with van der Waals surface area (Å²) in [5.74, 6) is -8.18. The standard InChI is InChI=1S/C7H12F2O4.C6H12F2O3.2C6H12F2O2.2C6H12F2O.2C5H10F2O2.2C5H10F2O.C4H8F2O.C3H6F2O.C3H6F2/c1-5(10)12-3-6(11)4-13-7(2,8)9;1-6(7,8)11-4-5(9)3-10-2;1-6(7,8)10-5-3-4-9-2;1-3-5(9)4-10-6(2,7)8;1-6(7,8)4-3-5-9-2;1-3-4-5-9-6(2,7)8;1-5(6,7)9-4-3-8-2;1-4(8)3-9-5(2,6)7;1-5(6,7)3-4-8-2;1-3-4-8-5(2,6)7;1-3-7-4(2,5)6;1-3(4,5)6-2;1-3(2,4)5/h6,11H,3-4H2,1-2H3;5,9H,3-4H2,1-2H3;3-5H2,1-2H3;5,9H,3-4H2,1-2H3;2*3-5H2,1-2H3;3-4H2,1-2H3;4,8H,3H2,1-2H3;2*3-4H2,1-2H3;3H2,1-2H3;1-2H3;1-2H3. The molecule has 0 aliphatic rings. The van der Waals surface area contributed by atoms with E-state index in [1.165, 1.54) is 49.4 Å². The summed E-state index contributed by atoms with van der Waals surface area (Å²) < 4.78 is 371. The van der Waals surface area contributed by atoms with Gasteiger partial charge in [0, 0.05) is 145 Å². The maximum atomic E-state index is 12.0. The minimum absolute atomic E-state index is 0.00389. The number of hydrogen-bond acceptors (Lipinski definition) is 21. The van der Waals surface area contributed by atoms with E-state index in [9.17, 15) is 119 Å². The highest BCUT2D eigenvalue weighted by Gasteiger charge is 2.28. The van der Waals surface area contributed by atoms with Crippen molar-refractivity contribution >= 4 is 5.97 Å². The molecule has 0 saturated carbocycles. The Morgan fingerprint density at radius 3 is 0.789 bits per heavy atom. The number of carbonyl (C=O) groups is 1. The van der Waals surface area contributed by atoms with Gasteiger partial charge in [-0.15, -0.1) is 0 Å². The van der Waals surface area contributed by atoms with Crippen LogP contribution in [0.25, 0.3) is 0 Å². The van der Waals surface area contributed by atoms with Crippen LogP contribution in [0, 0.1) is 0 Å². The van der Waals surface area contributed by atoms with Crippen molar-refractivity contribution in [3.63, 3.8) is 0 Å². The van der Waals surface area contributed by atoms with Crippen molar-refractivity contribution in [2.45, 2.75) is 293 Å². The average Bonchev–Trinajstić information content (AvgIpc) is 0.969. The Morgan fingerprint density at radius 2 is 0.579 bits per heavy atom. The predicted molar refractivity (Wildman–Crippen MR) is 370 cm³/mol. The largest absolute Gasteiger partial charge is 0.463 e. The quantitative estimate of drug-likeness (QED) is 0.0252. The topological polar surface area (TPSA) is 246 Å². The molecule has 0 aromatic carbocycles. The molecule has 4 atom stereocenters. The van der Waals surface area contributed by atoms with E-state index in [1.807, 2.05) is 6.92 Å². The number of aliphatic hydroxyl groups excluding tert-OH is 4. The van der Waals surface area contributed by atoms with Crippen LogP contribution in [-0.2, 0) is 80.6 Å². The number of carbonyl (C=O) groups excluding carboxylic acids is 1. The number of aliphatic hydroxyl groups is 4. The van der Waals surface area contributed by atoms with Gasteiger partial charge in [-0.25, -0.2) is 26.3 Å². The van der Waals surface area contributed by atoms with Crippen LogP contribution in [-0.4, -0.2) is 271 Å². The molecule has 0 aliphatic carbocycles. The molecule has 114 heavy (non-hydrogen) atoms. The van der Waals surface area contributed by atoms with Crippen molar-refractivity contribution in [3.8, 4) is 0 Å². The normalized spacial score (nSPS) is 13.1. The molecule has 21 nitrogen and oxygen atoms in total. The van der Waals surface area contributed by atoms with Gasteiger partial charge in [0.1, 0.15) is 18.8 Å². The Bertz CT molecular complexity index is 1870. The van der Waals surface area contributed by atoms with Crippen LogP contribution in [0.15, 0.2) is 0 Å². The maximum Gasteiger partial charge on any atom is 0.353 e. The van der Waals surface area contributed by atoms with Crippen LogP contribution in [0.2, 0.25) is 0 Å². The van der Waals surface area contributed by atoms with Crippen LogP contribution in [0.1, 0.15) is 190 Å². The van der Waals surface area contributed by atoms with E-state index in [2.05, 4.69) is 75.8 Å². The van der Waals surface area contributed by atoms with Gasteiger partial charge >= 0.3 is 67.1 Å². The Kier molecular flexibility index (Phi) is 96.1. The van der Waals surface area contributed by atoms with Gasteiger partial charge in [-0.1, -0.05) is 27.2 Å². The van der Waals surface area contributed by atoms with Crippen LogP contribution < -0.4 is 0 Å². The summed E-state index contributed by atoms with van der Waals surface area (Å²) in [5.41, 5.74) is 0. The SMILES string of the molecule is CC(=O)OCC(O)COC(C)(F)F.CC(C)(F)F.CC(O)COC(C)(F)F.CCC(O)COC(C)(F)F.CCCCOC(C)(F)F.CCCOC(C)(F)F.CCOC(C)(F)F.COC(C)(F)F.COCC(O)COC(C)(F)F.COCCC(C)(F)F.COCCCC(C)(F)F.COCCCOC(C)(F)F.COCCOC(C)(F)F. The van der Waals surface area contributed by atoms with E-state index in [0.717, 1.165) is 75.8 Å². The van der Waals surface area contributed by atoms with Gasteiger partial charge in [0.25, 0.3) is 0 Å². The molecule has 0 bridgehead atoms. The predicted octanol–water partition coefficient (Wildman–Crippen LogP) is 19.2. The molecule has 708 valence electrons. The van der Waals surface area contributed by atoms with E-state index < -0.39 is 122 Å².